The second-order valence-corrected chi connectivity index (χ2v) is 5.94. The van der Waals surface area contributed by atoms with Gasteiger partial charge in [0, 0.05) is 5.92 Å². The maximum atomic E-state index is 12.2. The predicted octanol–water partition coefficient (Wildman–Crippen LogP) is 2.92. The molecular formula is C17H25NO3. The number of nitrogens with one attached hydrogen (secondary N) is 1. The van der Waals surface area contributed by atoms with Crippen LogP contribution in [0.3, 0.4) is 0 Å². The van der Waals surface area contributed by atoms with Crippen LogP contribution in [0.4, 0.5) is 0 Å². The monoisotopic (exact) mass is 291 g/mol. The van der Waals surface area contributed by atoms with Gasteiger partial charge in [-0.25, -0.2) is 4.79 Å². The molecule has 0 fully saturated rings. The van der Waals surface area contributed by atoms with Crippen molar-refractivity contribution in [1.82, 2.24) is 5.32 Å². The van der Waals surface area contributed by atoms with Gasteiger partial charge in [-0.05, 0) is 17.9 Å². The Morgan fingerprint density at radius 2 is 1.71 bits per heavy atom. The van der Waals surface area contributed by atoms with Crippen LogP contribution in [0.2, 0.25) is 0 Å². The lowest BCUT2D eigenvalue weighted by Crippen LogP contribution is -2.44. The Bertz CT molecular complexity index is 454. The lowest BCUT2D eigenvalue weighted by molar-refractivity contribution is -0.150. The molecule has 21 heavy (non-hydrogen) atoms. The summed E-state index contributed by atoms with van der Waals surface area (Å²) < 4.78 is 5.32. The maximum absolute atomic E-state index is 12.2. The molecule has 1 N–H and O–H groups in total. The second-order valence-electron chi connectivity index (χ2n) is 5.94. The van der Waals surface area contributed by atoms with Gasteiger partial charge in [-0.15, -0.1) is 0 Å². The molecule has 0 heterocycles. The zero-order valence-electron chi connectivity index (χ0n) is 13.3. The molecule has 1 atom stereocenters. The summed E-state index contributed by atoms with van der Waals surface area (Å²) in [4.78, 5) is 24.0. The van der Waals surface area contributed by atoms with Crippen molar-refractivity contribution in [1.29, 1.82) is 0 Å². The Balaban J connectivity index is 2.60. The van der Waals surface area contributed by atoms with Gasteiger partial charge in [-0.2, -0.15) is 0 Å². The Hall–Kier alpha value is -1.84. The van der Waals surface area contributed by atoms with Crippen molar-refractivity contribution in [2.24, 2.45) is 11.8 Å². The summed E-state index contributed by atoms with van der Waals surface area (Å²) in [5, 5.41) is 2.77. The van der Waals surface area contributed by atoms with Crippen LogP contribution < -0.4 is 5.32 Å². The molecule has 0 aromatic heterocycles. The molecule has 4 nitrogen and oxygen atoms in total. The van der Waals surface area contributed by atoms with E-state index in [4.69, 9.17) is 4.74 Å². The minimum absolute atomic E-state index is 0.127. The number of hydrogen-bond acceptors (Lipinski definition) is 3. The largest absolute Gasteiger partial charge is 0.459 e. The molecule has 0 aliphatic heterocycles. The summed E-state index contributed by atoms with van der Waals surface area (Å²) in [6.07, 6.45) is 0.575. The molecule has 1 rings (SSSR count). The topological polar surface area (TPSA) is 55.4 Å². The van der Waals surface area contributed by atoms with Crippen LogP contribution in [0, 0.1) is 11.8 Å². The van der Waals surface area contributed by atoms with E-state index < -0.39 is 6.04 Å². The van der Waals surface area contributed by atoms with Crippen LogP contribution in [0.1, 0.15) is 39.7 Å². The van der Waals surface area contributed by atoms with Crippen LogP contribution in [-0.2, 0) is 20.9 Å². The minimum Gasteiger partial charge on any atom is -0.459 e. The summed E-state index contributed by atoms with van der Waals surface area (Å²) in [6.45, 7) is 7.86. The van der Waals surface area contributed by atoms with Crippen molar-refractivity contribution in [2.75, 3.05) is 0 Å². The lowest BCUT2D eigenvalue weighted by atomic mass is 10.0. The standard InChI is InChI=1S/C17H25NO3/c1-12(2)10-15(18-16(19)13(3)4)17(20)21-11-14-8-6-5-7-9-14/h5-9,12-13,15H,10-11H2,1-4H3,(H,18,19)/t15-/m0/s1. The summed E-state index contributed by atoms with van der Waals surface area (Å²) in [6, 6.07) is 8.93. The van der Waals surface area contributed by atoms with E-state index in [2.05, 4.69) is 5.32 Å². The number of hydrogen-bond donors (Lipinski definition) is 1. The maximum Gasteiger partial charge on any atom is 0.328 e. The summed E-state index contributed by atoms with van der Waals surface area (Å²) >= 11 is 0. The van der Waals surface area contributed by atoms with Crippen LogP contribution in [0.15, 0.2) is 30.3 Å². The molecule has 0 saturated heterocycles. The smallest absolute Gasteiger partial charge is 0.328 e. The molecule has 1 aromatic rings. The summed E-state index contributed by atoms with van der Waals surface area (Å²) in [5.41, 5.74) is 0.935. The van der Waals surface area contributed by atoms with Gasteiger partial charge in [0.05, 0.1) is 0 Å². The first kappa shape index (κ1) is 17.2. The minimum atomic E-state index is -0.580. The molecule has 0 bridgehead atoms. The third kappa shape index (κ3) is 6.43. The van der Waals surface area contributed by atoms with Crippen LogP contribution in [0.25, 0.3) is 0 Å². The Morgan fingerprint density at radius 1 is 1.10 bits per heavy atom. The van der Waals surface area contributed by atoms with Crippen molar-refractivity contribution < 1.29 is 14.3 Å². The lowest BCUT2D eigenvalue weighted by Gasteiger charge is -2.20. The van der Waals surface area contributed by atoms with Crippen molar-refractivity contribution in [2.45, 2.75) is 46.8 Å². The highest BCUT2D eigenvalue weighted by Crippen LogP contribution is 2.09. The van der Waals surface area contributed by atoms with Gasteiger partial charge in [0.1, 0.15) is 12.6 Å². The molecule has 0 unspecified atom stereocenters. The normalized spacial score (nSPS) is 12.3. The Labute approximate surface area is 126 Å². The number of carbonyl (C=O) groups is 2. The zero-order chi connectivity index (χ0) is 15.8. The van der Waals surface area contributed by atoms with Gasteiger partial charge in [0.25, 0.3) is 0 Å². The summed E-state index contributed by atoms with van der Waals surface area (Å²) in [7, 11) is 0. The van der Waals surface area contributed by atoms with E-state index in [1.165, 1.54) is 0 Å². The number of rotatable bonds is 7. The Kier molecular flexibility index (Phi) is 6.92. The van der Waals surface area contributed by atoms with Crippen LogP contribution in [0.5, 0.6) is 0 Å². The number of benzene rings is 1. The SMILES string of the molecule is CC(C)C[C@H](NC(=O)C(C)C)C(=O)OCc1ccccc1. The molecule has 1 aromatic carbocycles. The zero-order valence-corrected chi connectivity index (χ0v) is 13.3. The average Bonchev–Trinajstić information content (AvgIpc) is 2.44. The van der Waals surface area contributed by atoms with Gasteiger partial charge >= 0.3 is 5.97 Å². The van der Waals surface area contributed by atoms with Gasteiger partial charge in [0.2, 0.25) is 5.91 Å². The van der Waals surface area contributed by atoms with Gasteiger partial charge in [-0.3, -0.25) is 4.79 Å². The molecule has 0 aliphatic carbocycles. The third-order valence-corrected chi connectivity index (χ3v) is 3.06. The van der Waals surface area contributed by atoms with E-state index in [-0.39, 0.29) is 24.4 Å². The fourth-order valence-corrected chi connectivity index (χ4v) is 1.85. The van der Waals surface area contributed by atoms with Gasteiger partial charge < -0.3 is 10.1 Å². The highest BCUT2D eigenvalue weighted by Gasteiger charge is 2.24. The molecule has 0 spiro atoms. The van der Waals surface area contributed by atoms with E-state index in [9.17, 15) is 9.59 Å². The molecule has 4 heteroatoms. The highest BCUT2D eigenvalue weighted by molar-refractivity contribution is 5.85. The van der Waals surface area contributed by atoms with Crippen molar-refractivity contribution >= 4 is 11.9 Å². The Morgan fingerprint density at radius 3 is 2.24 bits per heavy atom. The number of amides is 1. The van der Waals surface area contributed by atoms with Gasteiger partial charge in [-0.1, -0.05) is 58.0 Å². The molecule has 0 radical (unpaired) electrons. The quantitative estimate of drug-likeness (QED) is 0.786. The van der Waals surface area contributed by atoms with E-state index in [0.717, 1.165) is 5.56 Å². The first-order valence-corrected chi connectivity index (χ1v) is 7.41. The van der Waals surface area contributed by atoms with Crippen molar-refractivity contribution in [3.63, 3.8) is 0 Å². The van der Waals surface area contributed by atoms with E-state index in [1.807, 2.05) is 44.2 Å². The van der Waals surface area contributed by atoms with E-state index in [0.29, 0.717) is 12.3 Å². The van der Waals surface area contributed by atoms with E-state index in [1.54, 1.807) is 13.8 Å². The first-order chi connectivity index (χ1) is 9.90. The molecular weight excluding hydrogens is 266 g/mol. The van der Waals surface area contributed by atoms with E-state index >= 15 is 0 Å². The van der Waals surface area contributed by atoms with Gasteiger partial charge in [0.15, 0.2) is 0 Å². The van der Waals surface area contributed by atoms with Crippen molar-refractivity contribution in [3.05, 3.63) is 35.9 Å². The molecule has 0 saturated carbocycles. The molecule has 0 aliphatic rings. The van der Waals surface area contributed by atoms with Crippen LogP contribution in [-0.4, -0.2) is 17.9 Å². The molecule has 116 valence electrons. The summed E-state index contributed by atoms with van der Waals surface area (Å²) in [5.74, 6) is -0.354. The van der Waals surface area contributed by atoms with Crippen molar-refractivity contribution in [3.8, 4) is 0 Å². The average molecular weight is 291 g/mol. The fourth-order valence-electron chi connectivity index (χ4n) is 1.85. The fraction of sp³-hybridized carbons (Fsp3) is 0.529. The predicted molar refractivity (Wildman–Crippen MR) is 82.5 cm³/mol. The molecule has 1 amide bonds. The number of ether oxygens (including phenoxy) is 1. The highest BCUT2D eigenvalue weighted by atomic mass is 16.5. The third-order valence-electron chi connectivity index (χ3n) is 3.06. The number of carbonyl (C=O) groups excluding carboxylic acids is 2. The first-order valence-electron chi connectivity index (χ1n) is 7.41. The second kappa shape index (κ2) is 8.45. The number of esters is 1. The van der Waals surface area contributed by atoms with Crippen LogP contribution >= 0.6 is 0 Å².